The third-order valence-corrected chi connectivity index (χ3v) is 5.05. The average molecular weight is 391 g/mol. The summed E-state index contributed by atoms with van der Waals surface area (Å²) in [5.74, 6) is 0.957. The highest BCUT2D eigenvalue weighted by Crippen LogP contribution is 2.25. The maximum Gasteiger partial charge on any atom is 0.278 e. The third kappa shape index (κ3) is 4.18. The van der Waals surface area contributed by atoms with Gasteiger partial charge in [-0.3, -0.25) is 9.59 Å². The van der Waals surface area contributed by atoms with E-state index in [-0.39, 0.29) is 23.3 Å². The molecule has 7 nitrogen and oxygen atoms in total. The summed E-state index contributed by atoms with van der Waals surface area (Å²) < 4.78 is 10.4. The topological polar surface area (TPSA) is 85.5 Å². The first-order valence-corrected chi connectivity index (χ1v) is 9.57. The molecule has 0 unspecified atom stereocenters. The lowest BCUT2D eigenvalue weighted by Crippen LogP contribution is -2.42. The van der Waals surface area contributed by atoms with Gasteiger partial charge in [0, 0.05) is 24.6 Å². The van der Waals surface area contributed by atoms with Gasteiger partial charge in [0.05, 0.1) is 0 Å². The van der Waals surface area contributed by atoms with Gasteiger partial charge in [0.1, 0.15) is 17.2 Å². The monoisotopic (exact) mass is 391 g/mol. The Morgan fingerprint density at radius 2 is 1.76 bits per heavy atom. The molecule has 2 aromatic carbocycles. The highest BCUT2D eigenvalue weighted by molar-refractivity contribution is 5.99. The fourth-order valence-electron chi connectivity index (χ4n) is 3.50. The largest absolute Gasteiger partial charge is 0.457 e. The van der Waals surface area contributed by atoms with Crippen molar-refractivity contribution in [2.75, 3.05) is 13.1 Å². The molecule has 1 amide bonds. The number of carbonyl (C=O) groups is 2. The Bertz CT molecular complexity index is 998. The summed E-state index contributed by atoms with van der Waals surface area (Å²) in [4.78, 5) is 27.3. The van der Waals surface area contributed by atoms with Gasteiger partial charge < -0.3 is 9.64 Å². The fraction of sp³-hybridized carbons (Fsp3) is 0.273. The third-order valence-electron chi connectivity index (χ3n) is 5.05. The lowest BCUT2D eigenvalue weighted by molar-refractivity contribution is 0.0627. The van der Waals surface area contributed by atoms with E-state index in [0.717, 1.165) is 18.6 Å². The van der Waals surface area contributed by atoms with Crippen molar-refractivity contribution in [3.8, 4) is 11.5 Å². The number of Topliss-reactive ketones (excluding diaryl/α,β-unsaturated/α-hetero) is 1. The van der Waals surface area contributed by atoms with Gasteiger partial charge in [-0.25, -0.2) is 4.63 Å². The minimum absolute atomic E-state index is 0.0313. The number of aryl methyl sites for hydroxylation is 1. The summed E-state index contributed by atoms with van der Waals surface area (Å²) in [5, 5.41) is 7.35. The number of benzene rings is 2. The van der Waals surface area contributed by atoms with E-state index in [1.165, 1.54) is 0 Å². The molecule has 0 aliphatic carbocycles. The zero-order valence-corrected chi connectivity index (χ0v) is 16.1. The molecule has 3 aromatic rings. The van der Waals surface area contributed by atoms with E-state index in [1.54, 1.807) is 36.1 Å². The molecule has 7 heteroatoms. The number of aromatic nitrogens is 2. The second-order valence-corrected chi connectivity index (χ2v) is 7.09. The van der Waals surface area contributed by atoms with Crippen molar-refractivity contribution in [3.05, 3.63) is 71.5 Å². The molecule has 0 saturated carbocycles. The minimum Gasteiger partial charge on any atom is -0.457 e. The predicted molar refractivity (Wildman–Crippen MR) is 105 cm³/mol. The number of ether oxygens (including phenoxy) is 1. The van der Waals surface area contributed by atoms with Crippen LogP contribution in [0.4, 0.5) is 0 Å². The van der Waals surface area contributed by atoms with Crippen molar-refractivity contribution >= 4 is 11.7 Å². The van der Waals surface area contributed by atoms with E-state index >= 15 is 0 Å². The molecule has 1 aliphatic heterocycles. The number of nitrogens with zero attached hydrogens (tertiary/aromatic N) is 3. The Labute approximate surface area is 168 Å². The molecule has 29 heavy (non-hydrogen) atoms. The highest BCUT2D eigenvalue weighted by atomic mass is 16.6. The number of hydrogen-bond donors (Lipinski definition) is 0. The number of amides is 1. The number of rotatable bonds is 5. The number of hydrogen-bond acceptors (Lipinski definition) is 6. The molecule has 1 aromatic heterocycles. The van der Waals surface area contributed by atoms with Crippen LogP contribution in [0.3, 0.4) is 0 Å². The van der Waals surface area contributed by atoms with Crippen LogP contribution in [0, 0.1) is 12.8 Å². The maximum atomic E-state index is 13.0. The number of piperidine rings is 1. The van der Waals surface area contributed by atoms with Crippen LogP contribution in [0.1, 0.15) is 39.4 Å². The van der Waals surface area contributed by atoms with E-state index in [1.807, 2.05) is 30.3 Å². The van der Waals surface area contributed by atoms with Gasteiger partial charge in [0.25, 0.3) is 5.91 Å². The van der Waals surface area contributed by atoms with E-state index in [2.05, 4.69) is 14.9 Å². The van der Waals surface area contributed by atoms with Crippen molar-refractivity contribution in [1.82, 2.24) is 15.2 Å². The molecular weight excluding hydrogens is 370 g/mol. The van der Waals surface area contributed by atoms with Crippen LogP contribution >= 0.6 is 0 Å². The van der Waals surface area contributed by atoms with Gasteiger partial charge in [0.2, 0.25) is 0 Å². The molecule has 0 N–H and O–H groups in total. The van der Waals surface area contributed by atoms with Gasteiger partial charge in [0.15, 0.2) is 11.5 Å². The summed E-state index contributed by atoms with van der Waals surface area (Å²) in [6.07, 6.45) is 1.52. The van der Waals surface area contributed by atoms with Crippen LogP contribution in [-0.4, -0.2) is 40.0 Å². The molecule has 1 saturated heterocycles. The maximum absolute atomic E-state index is 13.0. The van der Waals surface area contributed by atoms with Crippen molar-refractivity contribution in [2.45, 2.75) is 19.8 Å². The number of para-hydroxylation sites is 1. The van der Waals surface area contributed by atoms with Gasteiger partial charge >= 0.3 is 0 Å². The SMILES string of the molecule is Cc1nonc1C(=O)N1CCC[C@H](C(=O)c2ccc(Oc3ccccc3)cc2)C1. The van der Waals surface area contributed by atoms with Crippen LogP contribution in [0.5, 0.6) is 11.5 Å². The first kappa shape index (κ1) is 18.9. The lowest BCUT2D eigenvalue weighted by Gasteiger charge is -2.31. The second kappa shape index (κ2) is 8.26. The van der Waals surface area contributed by atoms with E-state index in [9.17, 15) is 9.59 Å². The molecule has 1 fully saturated rings. The van der Waals surface area contributed by atoms with Crippen molar-refractivity contribution in [3.63, 3.8) is 0 Å². The smallest absolute Gasteiger partial charge is 0.278 e. The van der Waals surface area contributed by atoms with Crippen molar-refractivity contribution in [1.29, 1.82) is 0 Å². The highest BCUT2D eigenvalue weighted by Gasteiger charge is 2.31. The molecular formula is C22H21N3O4. The normalized spacial score (nSPS) is 16.4. The predicted octanol–water partition coefficient (Wildman–Crippen LogP) is 3.91. The van der Waals surface area contributed by atoms with Crippen LogP contribution in [-0.2, 0) is 0 Å². The fourth-order valence-corrected chi connectivity index (χ4v) is 3.50. The lowest BCUT2D eigenvalue weighted by atomic mass is 9.90. The minimum atomic E-state index is -0.243. The van der Waals surface area contributed by atoms with E-state index in [0.29, 0.717) is 30.1 Å². The zero-order chi connectivity index (χ0) is 20.2. The van der Waals surface area contributed by atoms with Crippen LogP contribution < -0.4 is 4.74 Å². The summed E-state index contributed by atoms with van der Waals surface area (Å²) in [6, 6.07) is 16.6. The quantitative estimate of drug-likeness (QED) is 0.613. The molecule has 2 heterocycles. The molecule has 1 aliphatic rings. The van der Waals surface area contributed by atoms with Gasteiger partial charge in [-0.1, -0.05) is 23.4 Å². The number of carbonyl (C=O) groups excluding carboxylic acids is 2. The molecule has 0 spiro atoms. The second-order valence-electron chi connectivity index (χ2n) is 7.09. The summed E-state index contributed by atoms with van der Waals surface area (Å²) in [6.45, 7) is 2.64. The van der Waals surface area contributed by atoms with Gasteiger partial charge in [-0.15, -0.1) is 0 Å². The van der Waals surface area contributed by atoms with Crippen molar-refractivity contribution in [2.24, 2.45) is 5.92 Å². The Kier molecular flexibility index (Phi) is 5.37. The van der Waals surface area contributed by atoms with Gasteiger partial charge in [-0.2, -0.15) is 0 Å². The molecule has 1 atom stereocenters. The average Bonchev–Trinajstić information content (AvgIpc) is 3.20. The summed E-state index contributed by atoms with van der Waals surface area (Å²) >= 11 is 0. The standard InChI is InChI=1S/C22H21N3O4/c1-15-20(24-29-23-15)22(27)25-13-5-6-17(14-25)21(26)16-9-11-19(12-10-16)28-18-7-3-2-4-8-18/h2-4,7-12,17H,5-6,13-14H2,1H3/t17-/m0/s1. The Hall–Kier alpha value is -3.48. The van der Waals surface area contributed by atoms with Crippen molar-refractivity contribution < 1.29 is 19.0 Å². The van der Waals surface area contributed by atoms with E-state index in [4.69, 9.17) is 4.74 Å². The number of likely N-dealkylation sites (tertiary alicyclic amines) is 1. The molecule has 4 rings (SSSR count). The molecule has 0 radical (unpaired) electrons. The van der Waals surface area contributed by atoms with E-state index < -0.39 is 0 Å². The molecule has 148 valence electrons. The summed E-state index contributed by atoms with van der Waals surface area (Å²) in [5.41, 5.74) is 1.28. The Balaban J connectivity index is 1.42. The Morgan fingerprint density at radius 1 is 1.03 bits per heavy atom. The summed E-state index contributed by atoms with van der Waals surface area (Å²) in [7, 11) is 0. The van der Waals surface area contributed by atoms with Crippen LogP contribution in [0.15, 0.2) is 59.2 Å². The van der Waals surface area contributed by atoms with Gasteiger partial charge in [-0.05, 0) is 61.3 Å². The number of ketones is 1. The molecule has 0 bridgehead atoms. The zero-order valence-electron chi connectivity index (χ0n) is 16.1. The first-order chi connectivity index (χ1) is 14.1. The Morgan fingerprint density at radius 3 is 2.45 bits per heavy atom. The van der Waals surface area contributed by atoms with Crippen LogP contribution in [0.25, 0.3) is 0 Å². The first-order valence-electron chi connectivity index (χ1n) is 9.57. The van der Waals surface area contributed by atoms with Crippen LogP contribution in [0.2, 0.25) is 0 Å².